The van der Waals surface area contributed by atoms with Gasteiger partial charge in [-0.2, -0.15) is 17.4 Å². The van der Waals surface area contributed by atoms with Gasteiger partial charge in [-0.05, 0) is 12.3 Å². The number of amides is 1. The van der Waals surface area contributed by atoms with Crippen molar-refractivity contribution in [2.24, 2.45) is 5.92 Å². The highest BCUT2D eigenvalue weighted by Crippen LogP contribution is 2.08. The van der Waals surface area contributed by atoms with E-state index in [0.29, 0.717) is 6.42 Å². The van der Waals surface area contributed by atoms with Gasteiger partial charge in [0.2, 0.25) is 5.91 Å². The molecule has 2 N–H and O–H groups in total. The third-order valence-electron chi connectivity index (χ3n) is 2.83. The average Bonchev–Trinajstić information content (AvgIpc) is 2.41. The first-order valence-corrected chi connectivity index (χ1v) is 8.10. The van der Waals surface area contributed by atoms with Crippen molar-refractivity contribution in [2.45, 2.75) is 32.7 Å². The Morgan fingerprint density at radius 1 is 1.29 bits per heavy atom. The third kappa shape index (κ3) is 7.39. The Balaban J connectivity index is 4.79. The molecule has 0 saturated carbocycles. The van der Waals surface area contributed by atoms with E-state index in [2.05, 4.69) is 14.8 Å². The maximum absolute atomic E-state index is 12.1. The van der Waals surface area contributed by atoms with Crippen LogP contribution in [0.15, 0.2) is 0 Å². The maximum atomic E-state index is 12.1. The van der Waals surface area contributed by atoms with Crippen LogP contribution >= 0.6 is 0 Å². The van der Waals surface area contributed by atoms with Crippen LogP contribution in [0.4, 0.5) is 0 Å². The molecule has 0 spiro atoms. The van der Waals surface area contributed by atoms with Crippen molar-refractivity contribution in [1.29, 1.82) is 0 Å². The summed E-state index contributed by atoms with van der Waals surface area (Å²) in [6.45, 7) is 3.76. The summed E-state index contributed by atoms with van der Waals surface area (Å²) in [6.07, 6.45) is 0.326. The molecule has 1 atom stereocenters. The lowest BCUT2D eigenvalue weighted by Crippen LogP contribution is -2.50. The Hall–Kier alpha value is -1.19. The number of methoxy groups -OCH3 is 1. The average molecular weight is 323 g/mol. The number of nitrogens with zero attached hydrogens (tertiary/aromatic N) is 1. The van der Waals surface area contributed by atoms with E-state index in [1.807, 2.05) is 13.8 Å². The van der Waals surface area contributed by atoms with E-state index < -0.39 is 28.1 Å². The predicted molar refractivity (Wildman–Crippen MR) is 78.6 cm³/mol. The van der Waals surface area contributed by atoms with Crippen molar-refractivity contribution in [2.75, 3.05) is 27.7 Å². The van der Waals surface area contributed by atoms with Crippen molar-refractivity contribution in [3.63, 3.8) is 0 Å². The molecule has 0 rings (SSSR count). The van der Waals surface area contributed by atoms with E-state index in [0.717, 1.165) is 4.31 Å². The fourth-order valence-corrected chi connectivity index (χ4v) is 2.67. The standard InChI is InChI=1S/C12H25N3O5S/c1-9(2)8-10(12(17)13-3)14-21(18,19)15(4)7-6-11(16)20-5/h9-10,14H,6-8H2,1-5H3,(H,13,17). The van der Waals surface area contributed by atoms with Gasteiger partial charge in [0.15, 0.2) is 0 Å². The number of rotatable bonds is 9. The Morgan fingerprint density at radius 2 is 1.86 bits per heavy atom. The lowest BCUT2D eigenvalue weighted by atomic mass is 10.0. The summed E-state index contributed by atoms with van der Waals surface area (Å²) in [5.74, 6) is -0.744. The summed E-state index contributed by atoms with van der Waals surface area (Å²) >= 11 is 0. The predicted octanol–water partition coefficient (Wildman–Crippen LogP) is -0.524. The third-order valence-corrected chi connectivity index (χ3v) is 4.42. The Labute approximate surface area is 126 Å². The highest BCUT2D eigenvalue weighted by molar-refractivity contribution is 7.87. The minimum Gasteiger partial charge on any atom is -0.469 e. The van der Waals surface area contributed by atoms with Crippen molar-refractivity contribution in [1.82, 2.24) is 14.3 Å². The fourth-order valence-electron chi connectivity index (χ4n) is 1.60. The Bertz CT molecular complexity index is 450. The van der Waals surface area contributed by atoms with Crippen molar-refractivity contribution in [3.05, 3.63) is 0 Å². The normalized spacial score (nSPS) is 13.3. The van der Waals surface area contributed by atoms with Crippen LogP contribution in [-0.4, -0.2) is 58.4 Å². The number of nitrogens with one attached hydrogen (secondary N) is 2. The largest absolute Gasteiger partial charge is 0.469 e. The SMILES string of the molecule is CNC(=O)C(CC(C)C)NS(=O)(=O)N(C)CCC(=O)OC. The highest BCUT2D eigenvalue weighted by atomic mass is 32.2. The molecular formula is C12H25N3O5S. The summed E-state index contributed by atoms with van der Waals surface area (Å²) in [5.41, 5.74) is 0. The van der Waals surface area contributed by atoms with Crippen LogP contribution in [0.25, 0.3) is 0 Å². The van der Waals surface area contributed by atoms with Crippen LogP contribution in [0.2, 0.25) is 0 Å². The molecule has 0 aromatic heterocycles. The zero-order chi connectivity index (χ0) is 16.6. The first-order valence-electron chi connectivity index (χ1n) is 6.66. The quantitative estimate of drug-likeness (QED) is 0.555. The van der Waals surface area contributed by atoms with E-state index >= 15 is 0 Å². The first-order chi connectivity index (χ1) is 9.63. The highest BCUT2D eigenvalue weighted by Gasteiger charge is 2.27. The molecule has 1 unspecified atom stereocenters. The molecule has 21 heavy (non-hydrogen) atoms. The molecule has 8 nitrogen and oxygen atoms in total. The maximum Gasteiger partial charge on any atom is 0.306 e. The van der Waals surface area contributed by atoms with Crippen LogP contribution in [0.1, 0.15) is 26.7 Å². The molecule has 0 bridgehead atoms. The van der Waals surface area contributed by atoms with Crippen LogP contribution in [0.5, 0.6) is 0 Å². The molecule has 0 saturated heterocycles. The van der Waals surface area contributed by atoms with Crippen LogP contribution in [0, 0.1) is 5.92 Å². The Kier molecular flexibility index (Phi) is 8.45. The van der Waals surface area contributed by atoms with E-state index in [-0.39, 0.29) is 18.9 Å². The van der Waals surface area contributed by atoms with Crippen molar-refractivity contribution >= 4 is 22.1 Å². The van der Waals surface area contributed by atoms with Gasteiger partial charge in [-0.15, -0.1) is 0 Å². The van der Waals surface area contributed by atoms with E-state index in [1.54, 1.807) is 0 Å². The first kappa shape index (κ1) is 19.8. The topological polar surface area (TPSA) is 105 Å². The smallest absolute Gasteiger partial charge is 0.306 e. The fraction of sp³-hybridized carbons (Fsp3) is 0.833. The van der Waals surface area contributed by atoms with Gasteiger partial charge in [0.25, 0.3) is 10.2 Å². The second-order valence-electron chi connectivity index (χ2n) is 5.07. The van der Waals surface area contributed by atoms with Gasteiger partial charge < -0.3 is 10.1 Å². The number of hydrogen-bond donors (Lipinski definition) is 2. The molecule has 124 valence electrons. The number of likely N-dealkylation sites (N-methyl/N-ethyl adjacent to an activating group) is 1. The van der Waals surface area contributed by atoms with E-state index in [4.69, 9.17) is 0 Å². The zero-order valence-electron chi connectivity index (χ0n) is 13.2. The van der Waals surface area contributed by atoms with Gasteiger partial charge in [-0.3, -0.25) is 9.59 Å². The minimum atomic E-state index is -3.85. The lowest BCUT2D eigenvalue weighted by molar-refractivity contribution is -0.140. The monoisotopic (exact) mass is 323 g/mol. The minimum absolute atomic E-state index is 0.0237. The second-order valence-corrected chi connectivity index (χ2v) is 6.88. The van der Waals surface area contributed by atoms with Gasteiger partial charge in [0.05, 0.1) is 13.5 Å². The second kappa shape index (κ2) is 8.96. The molecular weight excluding hydrogens is 298 g/mol. The molecule has 0 heterocycles. The summed E-state index contributed by atoms with van der Waals surface area (Å²) in [4.78, 5) is 22.8. The summed E-state index contributed by atoms with van der Waals surface area (Å²) in [6, 6.07) is -0.847. The van der Waals surface area contributed by atoms with Crippen LogP contribution in [-0.2, 0) is 24.5 Å². The van der Waals surface area contributed by atoms with Gasteiger partial charge in [0.1, 0.15) is 6.04 Å². The molecule has 0 fully saturated rings. The van der Waals surface area contributed by atoms with E-state index in [9.17, 15) is 18.0 Å². The number of hydrogen-bond acceptors (Lipinski definition) is 5. The van der Waals surface area contributed by atoms with E-state index in [1.165, 1.54) is 21.2 Å². The number of carbonyl (C=O) groups excluding carboxylic acids is 2. The van der Waals surface area contributed by atoms with Crippen molar-refractivity contribution < 1.29 is 22.7 Å². The summed E-state index contributed by atoms with van der Waals surface area (Å²) in [5, 5.41) is 2.43. The van der Waals surface area contributed by atoms with Gasteiger partial charge in [0, 0.05) is 20.6 Å². The molecule has 0 aromatic carbocycles. The number of ether oxygens (including phenoxy) is 1. The van der Waals surface area contributed by atoms with Crippen LogP contribution < -0.4 is 10.0 Å². The molecule has 1 amide bonds. The molecule has 0 aliphatic heterocycles. The molecule has 0 radical (unpaired) electrons. The molecule has 0 aliphatic rings. The summed E-state index contributed by atoms with van der Waals surface area (Å²) < 4.78 is 32.0. The molecule has 9 heteroatoms. The number of carbonyl (C=O) groups is 2. The van der Waals surface area contributed by atoms with Gasteiger partial charge in [-0.25, -0.2) is 0 Å². The molecule has 0 aromatic rings. The lowest BCUT2D eigenvalue weighted by Gasteiger charge is -2.23. The molecule has 0 aliphatic carbocycles. The zero-order valence-corrected chi connectivity index (χ0v) is 14.0. The number of esters is 1. The van der Waals surface area contributed by atoms with Gasteiger partial charge in [-0.1, -0.05) is 13.8 Å². The summed E-state index contributed by atoms with van der Waals surface area (Å²) in [7, 11) is 0.170. The van der Waals surface area contributed by atoms with Gasteiger partial charge >= 0.3 is 5.97 Å². The Morgan fingerprint density at radius 3 is 2.29 bits per heavy atom. The van der Waals surface area contributed by atoms with Crippen molar-refractivity contribution in [3.8, 4) is 0 Å². The van der Waals surface area contributed by atoms with Crippen LogP contribution in [0.3, 0.4) is 0 Å².